The molecule has 3 nitrogen and oxygen atoms in total. The van der Waals surface area contributed by atoms with Crippen LogP contribution in [0.4, 0.5) is 18.9 Å². The summed E-state index contributed by atoms with van der Waals surface area (Å²) in [5.41, 5.74) is 0.335. The van der Waals surface area contributed by atoms with Crippen LogP contribution in [0.15, 0.2) is 30.3 Å². The summed E-state index contributed by atoms with van der Waals surface area (Å²) in [6, 6.07) is 5.94. The van der Waals surface area contributed by atoms with Gasteiger partial charge in [0.05, 0.1) is 6.42 Å². The number of amides is 1. The van der Waals surface area contributed by atoms with Crippen LogP contribution < -0.4 is 10.6 Å². The quantitative estimate of drug-likeness (QED) is 0.866. The van der Waals surface area contributed by atoms with Crippen molar-refractivity contribution < 1.29 is 18.0 Å². The summed E-state index contributed by atoms with van der Waals surface area (Å²) < 4.78 is 38.6. The minimum absolute atomic E-state index is 0.182. The largest absolute Gasteiger partial charge is 0.409 e. The molecule has 0 bridgehead atoms. The molecule has 0 fully saturated rings. The molecule has 1 amide bonds. The minimum atomic E-state index is -4.48. The highest BCUT2D eigenvalue weighted by Gasteiger charge is 2.40. The third-order valence-corrected chi connectivity index (χ3v) is 2.35. The van der Waals surface area contributed by atoms with E-state index in [9.17, 15) is 18.0 Å². The number of halogens is 3. The molecule has 0 spiro atoms. The number of para-hydroxylation sites is 1. The van der Waals surface area contributed by atoms with Crippen molar-refractivity contribution >= 4 is 11.6 Å². The summed E-state index contributed by atoms with van der Waals surface area (Å²) in [6.45, 7) is 3.40. The van der Waals surface area contributed by atoms with Crippen molar-refractivity contribution in [3.63, 3.8) is 0 Å². The number of anilines is 1. The fraction of sp³-hybridized carbons (Fsp3) is 0.462. The summed E-state index contributed by atoms with van der Waals surface area (Å²) in [5, 5.41) is 4.79. The topological polar surface area (TPSA) is 41.1 Å². The molecule has 1 rings (SSSR count). The molecule has 0 aliphatic carbocycles. The first-order chi connectivity index (χ1) is 8.79. The molecular weight excluding hydrogens is 257 g/mol. The second-order valence-corrected chi connectivity index (χ2v) is 4.53. The average Bonchev–Trinajstić information content (AvgIpc) is 2.27. The van der Waals surface area contributed by atoms with Crippen molar-refractivity contribution in [2.24, 2.45) is 0 Å². The first-order valence-electron chi connectivity index (χ1n) is 5.96. The molecule has 1 aromatic rings. The van der Waals surface area contributed by atoms with E-state index in [1.807, 2.05) is 0 Å². The summed E-state index contributed by atoms with van der Waals surface area (Å²) in [7, 11) is 0. The van der Waals surface area contributed by atoms with Crippen LogP contribution in [0.1, 0.15) is 20.3 Å². The predicted molar refractivity (Wildman–Crippen MR) is 67.8 cm³/mol. The lowest BCUT2D eigenvalue weighted by molar-refractivity contribution is -0.150. The number of carbonyl (C=O) groups is 1. The average molecular weight is 274 g/mol. The van der Waals surface area contributed by atoms with E-state index in [1.165, 1.54) is 12.1 Å². The molecule has 19 heavy (non-hydrogen) atoms. The molecule has 1 aromatic carbocycles. The number of hydrogen-bond acceptors (Lipinski definition) is 2. The van der Waals surface area contributed by atoms with E-state index in [0.717, 1.165) is 0 Å². The van der Waals surface area contributed by atoms with Gasteiger partial charge in [-0.1, -0.05) is 18.2 Å². The third kappa shape index (κ3) is 5.63. The van der Waals surface area contributed by atoms with Crippen LogP contribution in [0, 0.1) is 0 Å². The second kappa shape index (κ2) is 6.45. The van der Waals surface area contributed by atoms with Gasteiger partial charge in [0, 0.05) is 11.7 Å². The van der Waals surface area contributed by atoms with Gasteiger partial charge >= 0.3 is 6.18 Å². The fourth-order valence-corrected chi connectivity index (χ4v) is 1.55. The van der Waals surface area contributed by atoms with Gasteiger partial charge in [-0.15, -0.1) is 0 Å². The van der Waals surface area contributed by atoms with Crippen LogP contribution in [0.25, 0.3) is 0 Å². The van der Waals surface area contributed by atoms with Gasteiger partial charge in [-0.3, -0.25) is 4.79 Å². The van der Waals surface area contributed by atoms with Gasteiger partial charge in [-0.05, 0) is 26.0 Å². The Morgan fingerprint density at radius 2 is 1.79 bits per heavy atom. The molecule has 1 unspecified atom stereocenters. The summed E-state index contributed by atoms with van der Waals surface area (Å²) >= 11 is 0. The van der Waals surface area contributed by atoms with Crippen molar-refractivity contribution in [2.45, 2.75) is 38.5 Å². The van der Waals surface area contributed by atoms with Gasteiger partial charge < -0.3 is 10.6 Å². The number of hydrogen-bond donors (Lipinski definition) is 2. The van der Waals surface area contributed by atoms with E-state index in [4.69, 9.17) is 0 Å². The van der Waals surface area contributed by atoms with E-state index >= 15 is 0 Å². The Morgan fingerprint density at radius 1 is 1.21 bits per heavy atom. The zero-order valence-electron chi connectivity index (χ0n) is 10.8. The van der Waals surface area contributed by atoms with E-state index in [1.54, 1.807) is 32.0 Å². The van der Waals surface area contributed by atoms with Crippen LogP contribution >= 0.6 is 0 Å². The van der Waals surface area contributed by atoms with Gasteiger partial charge in [0.1, 0.15) is 6.04 Å². The summed E-state index contributed by atoms with van der Waals surface area (Å²) in [6.07, 6.45) is -5.12. The lowest BCUT2D eigenvalue weighted by atomic mass is 10.1. The summed E-state index contributed by atoms with van der Waals surface area (Å²) in [4.78, 5) is 11.4. The second-order valence-electron chi connectivity index (χ2n) is 4.53. The lowest BCUT2D eigenvalue weighted by Gasteiger charge is -2.22. The third-order valence-electron chi connectivity index (χ3n) is 2.35. The zero-order chi connectivity index (χ0) is 14.5. The van der Waals surface area contributed by atoms with Gasteiger partial charge in [-0.2, -0.15) is 13.2 Å². The van der Waals surface area contributed by atoms with Gasteiger partial charge in [0.2, 0.25) is 5.91 Å². The fourth-order valence-electron chi connectivity index (χ4n) is 1.55. The standard InChI is InChI=1S/C13H17F3N2O/c1-9(2)17-12(19)8-11(13(14,15)16)18-10-6-4-3-5-7-10/h3-7,9,11,18H,8H2,1-2H3,(H,17,19). The zero-order valence-corrected chi connectivity index (χ0v) is 10.8. The van der Waals surface area contributed by atoms with Crippen molar-refractivity contribution in [3.05, 3.63) is 30.3 Å². The Bertz CT molecular complexity index is 404. The van der Waals surface area contributed by atoms with Crippen LogP contribution in [-0.2, 0) is 4.79 Å². The molecular formula is C13H17F3N2O. The molecule has 1 atom stereocenters. The highest BCUT2D eigenvalue weighted by atomic mass is 19.4. The van der Waals surface area contributed by atoms with Gasteiger partial charge in [-0.25, -0.2) is 0 Å². The predicted octanol–water partition coefficient (Wildman–Crippen LogP) is 2.94. The Labute approximate surface area is 110 Å². The minimum Gasteiger partial charge on any atom is -0.374 e. The van der Waals surface area contributed by atoms with E-state index in [2.05, 4.69) is 10.6 Å². The highest BCUT2D eigenvalue weighted by Crippen LogP contribution is 2.25. The Morgan fingerprint density at radius 3 is 2.26 bits per heavy atom. The molecule has 0 aliphatic heterocycles. The molecule has 0 aromatic heterocycles. The number of alkyl halides is 3. The van der Waals surface area contributed by atoms with E-state index in [0.29, 0.717) is 5.69 Å². The smallest absolute Gasteiger partial charge is 0.374 e. The molecule has 0 saturated heterocycles. The number of nitrogens with one attached hydrogen (secondary N) is 2. The van der Waals surface area contributed by atoms with Crippen molar-refractivity contribution in [2.75, 3.05) is 5.32 Å². The number of benzene rings is 1. The normalized spacial score (nSPS) is 13.2. The molecule has 0 aliphatic rings. The Kier molecular flexibility index (Phi) is 5.20. The first-order valence-corrected chi connectivity index (χ1v) is 5.96. The maximum absolute atomic E-state index is 12.9. The molecule has 0 heterocycles. The molecule has 0 radical (unpaired) electrons. The monoisotopic (exact) mass is 274 g/mol. The SMILES string of the molecule is CC(C)NC(=O)CC(Nc1ccccc1)C(F)(F)F. The van der Waals surface area contributed by atoms with Crippen molar-refractivity contribution in [3.8, 4) is 0 Å². The lowest BCUT2D eigenvalue weighted by Crippen LogP contribution is -2.42. The molecule has 2 N–H and O–H groups in total. The van der Waals surface area contributed by atoms with Crippen LogP contribution in [0.2, 0.25) is 0 Å². The van der Waals surface area contributed by atoms with Gasteiger partial charge in [0.25, 0.3) is 0 Å². The van der Waals surface area contributed by atoms with Gasteiger partial charge in [0.15, 0.2) is 0 Å². The maximum Gasteiger partial charge on any atom is 0.409 e. The number of rotatable bonds is 5. The maximum atomic E-state index is 12.9. The van der Waals surface area contributed by atoms with E-state index < -0.39 is 24.5 Å². The Hall–Kier alpha value is -1.72. The van der Waals surface area contributed by atoms with Crippen LogP contribution in [0.5, 0.6) is 0 Å². The first kappa shape index (κ1) is 15.3. The molecule has 0 saturated carbocycles. The molecule has 106 valence electrons. The Balaban J connectivity index is 2.71. The van der Waals surface area contributed by atoms with Crippen molar-refractivity contribution in [1.29, 1.82) is 0 Å². The van der Waals surface area contributed by atoms with Crippen LogP contribution in [0.3, 0.4) is 0 Å². The van der Waals surface area contributed by atoms with Crippen LogP contribution in [-0.4, -0.2) is 24.2 Å². The molecule has 6 heteroatoms. The van der Waals surface area contributed by atoms with Crippen molar-refractivity contribution in [1.82, 2.24) is 5.32 Å². The van der Waals surface area contributed by atoms with E-state index in [-0.39, 0.29) is 6.04 Å². The summed E-state index contributed by atoms with van der Waals surface area (Å²) in [5.74, 6) is -0.624. The number of carbonyl (C=O) groups excluding carboxylic acids is 1. The highest BCUT2D eigenvalue weighted by molar-refractivity contribution is 5.77.